The molecule has 0 spiro atoms. The van der Waals surface area contributed by atoms with E-state index < -0.39 is 57.8 Å². The van der Waals surface area contributed by atoms with E-state index in [9.17, 15) is 19.2 Å². The molecular formula is C30H23Cl2NO6. The SMILES string of the molecule is COc1ccc(C(=O)COC(=O)[C@H](C)N2C(=O)[C@@H]3[C@H](C2=O)C2(Cl)c4ccccc4C3(Cl)c3ccccc32)cc1. The average molecular weight is 564 g/mol. The molecule has 1 saturated heterocycles. The number of imide groups is 1. The van der Waals surface area contributed by atoms with Crippen LogP contribution in [-0.4, -0.2) is 48.2 Å². The van der Waals surface area contributed by atoms with Gasteiger partial charge in [-0.15, -0.1) is 23.2 Å². The van der Waals surface area contributed by atoms with Gasteiger partial charge in [-0.25, -0.2) is 4.79 Å². The van der Waals surface area contributed by atoms with Gasteiger partial charge in [-0.2, -0.15) is 0 Å². The van der Waals surface area contributed by atoms with Crippen molar-refractivity contribution in [2.45, 2.75) is 22.7 Å². The molecule has 3 atom stereocenters. The van der Waals surface area contributed by atoms with Crippen LogP contribution in [0.5, 0.6) is 5.75 Å². The van der Waals surface area contributed by atoms with Gasteiger partial charge in [0.15, 0.2) is 12.4 Å². The van der Waals surface area contributed by atoms with Crippen LogP contribution < -0.4 is 4.74 Å². The first-order valence-electron chi connectivity index (χ1n) is 12.4. The van der Waals surface area contributed by atoms with Crippen molar-refractivity contribution in [3.8, 4) is 5.75 Å². The van der Waals surface area contributed by atoms with E-state index in [1.165, 1.54) is 14.0 Å². The minimum Gasteiger partial charge on any atom is -0.497 e. The van der Waals surface area contributed by atoms with E-state index in [1.54, 1.807) is 24.3 Å². The zero-order valence-corrected chi connectivity index (χ0v) is 22.5. The summed E-state index contributed by atoms with van der Waals surface area (Å²) in [5.74, 6) is -3.98. The summed E-state index contributed by atoms with van der Waals surface area (Å²) in [6.07, 6.45) is 0. The van der Waals surface area contributed by atoms with E-state index >= 15 is 0 Å². The van der Waals surface area contributed by atoms with Gasteiger partial charge >= 0.3 is 5.97 Å². The molecular weight excluding hydrogens is 541 g/mol. The lowest BCUT2D eigenvalue weighted by molar-refractivity contribution is -0.157. The summed E-state index contributed by atoms with van der Waals surface area (Å²) in [6.45, 7) is 0.853. The Bertz CT molecular complexity index is 1430. The first-order valence-corrected chi connectivity index (χ1v) is 13.2. The molecule has 4 aliphatic rings. The number of halogens is 2. The van der Waals surface area contributed by atoms with Crippen LogP contribution in [0.2, 0.25) is 0 Å². The fraction of sp³-hybridized carbons (Fsp3) is 0.267. The summed E-state index contributed by atoms with van der Waals surface area (Å²) in [5, 5.41) is 0. The zero-order valence-electron chi connectivity index (χ0n) is 21.0. The number of rotatable bonds is 6. The minimum atomic E-state index is -1.34. The van der Waals surface area contributed by atoms with Gasteiger partial charge in [0.1, 0.15) is 21.5 Å². The third-order valence-electron chi connectivity index (χ3n) is 8.11. The number of ether oxygens (including phenoxy) is 2. The quantitative estimate of drug-likeness (QED) is 0.191. The van der Waals surface area contributed by atoms with Crippen LogP contribution in [0.1, 0.15) is 39.5 Å². The normalized spacial score (nSPS) is 26.9. The summed E-state index contributed by atoms with van der Waals surface area (Å²) in [4.78, 5) is 51.7. The smallest absolute Gasteiger partial charge is 0.329 e. The number of methoxy groups -OCH3 is 1. The van der Waals surface area contributed by atoms with Crippen LogP contribution in [0.4, 0.5) is 0 Å². The van der Waals surface area contributed by atoms with Gasteiger partial charge in [-0.05, 0) is 53.4 Å². The second-order valence-electron chi connectivity index (χ2n) is 9.95. The molecule has 0 unspecified atom stereocenters. The molecule has 1 aliphatic heterocycles. The fourth-order valence-electron chi connectivity index (χ4n) is 6.29. The molecule has 0 aromatic heterocycles. The molecule has 3 aromatic rings. The molecule has 1 heterocycles. The van der Waals surface area contributed by atoms with E-state index in [2.05, 4.69) is 0 Å². The standard InChI is InChI=1S/C30H23Cl2NO6/c1-16(28(37)39-15-23(34)17-11-13-18(38-2)14-12-17)33-26(35)24-25(27(33)36)30(32)20-8-4-3-7-19(20)29(24,31)21-9-5-6-10-22(21)30/h3-14,16,24-25H,15H2,1-2H3/t16-,24-,25+,29?,30?/m0/s1. The molecule has 7 rings (SSSR count). The van der Waals surface area contributed by atoms with Gasteiger partial charge in [0.05, 0.1) is 18.9 Å². The van der Waals surface area contributed by atoms with Gasteiger partial charge in [0.25, 0.3) is 0 Å². The van der Waals surface area contributed by atoms with E-state index in [0.29, 0.717) is 33.6 Å². The maximum Gasteiger partial charge on any atom is 0.329 e. The number of alkyl halides is 2. The van der Waals surface area contributed by atoms with Gasteiger partial charge in [0, 0.05) is 5.56 Å². The van der Waals surface area contributed by atoms with E-state index in [0.717, 1.165) is 4.90 Å². The predicted octanol–water partition coefficient (Wildman–Crippen LogP) is 4.40. The third kappa shape index (κ3) is 3.36. The Hall–Kier alpha value is -3.68. The monoisotopic (exact) mass is 563 g/mol. The van der Waals surface area contributed by atoms with Crippen molar-refractivity contribution in [2.75, 3.05) is 13.7 Å². The zero-order chi connectivity index (χ0) is 27.7. The number of likely N-dealkylation sites (tertiary alicyclic amines) is 1. The molecule has 9 heteroatoms. The molecule has 198 valence electrons. The largest absolute Gasteiger partial charge is 0.497 e. The first-order chi connectivity index (χ1) is 18.6. The van der Waals surface area contributed by atoms with E-state index in [-0.39, 0.29) is 0 Å². The topological polar surface area (TPSA) is 90.0 Å². The van der Waals surface area contributed by atoms with E-state index in [4.69, 9.17) is 32.7 Å². The molecule has 3 aromatic carbocycles. The Balaban J connectivity index is 1.30. The van der Waals surface area contributed by atoms with E-state index in [1.807, 2.05) is 48.5 Å². The second kappa shape index (κ2) is 8.93. The summed E-state index contributed by atoms with van der Waals surface area (Å²) in [7, 11) is 1.51. The number of esters is 1. The Morgan fingerprint density at radius 1 is 0.821 bits per heavy atom. The molecule has 0 N–H and O–H groups in total. The van der Waals surface area contributed by atoms with Crippen molar-refractivity contribution in [3.63, 3.8) is 0 Å². The number of hydrogen-bond acceptors (Lipinski definition) is 6. The molecule has 2 bridgehead atoms. The number of amides is 2. The maximum atomic E-state index is 13.9. The van der Waals surface area contributed by atoms with Crippen molar-refractivity contribution in [2.24, 2.45) is 11.8 Å². The van der Waals surface area contributed by atoms with Crippen LogP contribution in [-0.2, 0) is 28.9 Å². The van der Waals surface area contributed by atoms with Crippen molar-refractivity contribution in [1.29, 1.82) is 0 Å². The highest BCUT2D eigenvalue weighted by Crippen LogP contribution is 2.69. The molecule has 1 fully saturated rings. The molecule has 2 amide bonds. The number of nitrogens with zero attached hydrogens (tertiary/aromatic N) is 1. The molecule has 39 heavy (non-hydrogen) atoms. The van der Waals surface area contributed by atoms with Crippen LogP contribution in [0, 0.1) is 11.8 Å². The number of carbonyl (C=O) groups is 4. The lowest BCUT2D eigenvalue weighted by Crippen LogP contribution is -2.57. The number of ketones is 1. The van der Waals surface area contributed by atoms with Gasteiger partial charge in [0.2, 0.25) is 11.8 Å². The summed E-state index contributed by atoms with van der Waals surface area (Å²) in [5.41, 5.74) is 3.01. The number of benzene rings is 3. The fourth-order valence-corrected chi connectivity index (χ4v) is 7.39. The maximum absolute atomic E-state index is 13.9. The molecule has 0 radical (unpaired) electrons. The molecule has 7 nitrogen and oxygen atoms in total. The summed E-state index contributed by atoms with van der Waals surface area (Å²) in [6, 6.07) is 19.7. The van der Waals surface area contributed by atoms with Crippen LogP contribution >= 0.6 is 23.2 Å². The average Bonchev–Trinajstić information content (AvgIpc) is 3.24. The minimum absolute atomic E-state index is 0.330. The third-order valence-corrected chi connectivity index (χ3v) is 9.39. The van der Waals surface area contributed by atoms with Gasteiger partial charge < -0.3 is 9.47 Å². The number of hydrogen-bond donors (Lipinski definition) is 0. The summed E-state index contributed by atoms with van der Waals surface area (Å²) < 4.78 is 10.3. The lowest BCUT2D eigenvalue weighted by atomic mass is 9.54. The summed E-state index contributed by atoms with van der Waals surface area (Å²) >= 11 is 14.8. The van der Waals surface area contributed by atoms with Crippen LogP contribution in [0.3, 0.4) is 0 Å². The Morgan fingerprint density at radius 2 is 1.26 bits per heavy atom. The molecule has 0 saturated carbocycles. The number of Topliss-reactive ketones (excluding diaryl/α,β-unsaturated/α-hetero) is 1. The van der Waals surface area contributed by atoms with Gasteiger partial charge in [-0.3, -0.25) is 19.3 Å². The number of carbonyl (C=O) groups excluding carboxylic acids is 4. The Kier molecular flexibility index (Phi) is 5.86. The Morgan fingerprint density at radius 3 is 1.67 bits per heavy atom. The van der Waals surface area contributed by atoms with Crippen LogP contribution in [0.15, 0.2) is 72.8 Å². The second-order valence-corrected chi connectivity index (χ2v) is 11.1. The van der Waals surface area contributed by atoms with Crippen molar-refractivity contribution < 1.29 is 28.7 Å². The highest BCUT2D eigenvalue weighted by atomic mass is 35.5. The van der Waals surface area contributed by atoms with Crippen LogP contribution in [0.25, 0.3) is 0 Å². The first kappa shape index (κ1) is 25.6. The van der Waals surface area contributed by atoms with Gasteiger partial charge in [-0.1, -0.05) is 48.5 Å². The highest BCUT2D eigenvalue weighted by Gasteiger charge is 2.73. The Labute approximate surface area is 234 Å². The molecule has 3 aliphatic carbocycles. The van der Waals surface area contributed by atoms with Crippen molar-refractivity contribution >= 4 is 46.8 Å². The van der Waals surface area contributed by atoms with Crippen molar-refractivity contribution in [1.82, 2.24) is 4.90 Å². The lowest BCUT2D eigenvalue weighted by Gasteiger charge is -2.54. The highest BCUT2D eigenvalue weighted by molar-refractivity contribution is 6.36. The predicted molar refractivity (Wildman–Crippen MR) is 143 cm³/mol. The van der Waals surface area contributed by atoms with Crippen molar-refractivity contribution in [3.05, 3.63) is 101 Å².